The zero-order valence-electron chi connectivity index (χ0n) is 16.6. The van der Waals surface area contributed by atoms with Crippen molar-refractivity contribution < 1.29 is 9.53 Å². The van der Waals surface area contributed by atoms with Crippen molar-refractivity contribution >= 4 is 33.2 Å². The van der Waals surface area contributed by atoms with Crippen LogP contribution < -0.4 is 15.6 Å². The van der Waals surface area contributed by atoms with Crippen LogP contribution in [-0.4, -0.2) is 32.2 Å². The topological polar surface area (TPSA) is 90.5 Å². The van der Waals surface area contributed by atoms with Crippen LogP contribution in [0.2, 0.25) is 0 Å². The van der Waals surface area contributed by atoms with Gasteiger partial charge in [0.05, 0.1) is 18.7 Å². The number of aromatic nitrogens is 4. The monoisotopic (exact) mass is 411 g/mol. The number of aryl methyl sites for hydroxylation is 2. The summed E-state index contributed by atoms with van der Waals surface area (Å²) in [6.07, 6.45) is 0. The van der Waals surface area contributed by atoms with Gasteiger partial charge >= 0.3 is 0 Å². The molecule has 0 aliphatic heterocycles. The number of hydrogen-bond acceptors (Lipinski definition) is 6. The van der Waals surface area contributed by atoms with Crippen molar-refractivity contribution in [2.24, 2.45) is 0 Å². The van der Waals surface area contributed by atoms with E-state index >= 15 is 0 Å². The minimum Gasteiger partial charge on any atom is -0.497 e. The molecule has 1 aromatic carbocycles. The number of rotatable bonds is 5. The van der Waals surface area contributed by atoms with Gasteiger partial charge in [0, 0.05) is 5.69 Å². The van der Waals surface area contributed by atoms with Crippen molar-refractivity contribution in [3.8, 4) is 5.75 Å². The predicted molar refractivity (Wildman–Crippen MR) is 112 cm³/mol. The van der Waals surface area contributed by atoms with Gasteiger partial charge < -0.3 is 14.6 Å². The van der Waals surface area contributed by atoms with Gasteiger partial charge in [-0.1, -0.05) is 23.5 Å². The van der Waals surface area contributed by atoms with Crippen molar-refractivity contribution in [3.05, 3.63) is 57.0 Å². The van der Waals surface area contributed by atoms with E-state index in [2.05, 4.69) is 15.4 Å². The number of carbonyl (C=O) groups is 1. The number of amides is 1. The summed E-state index contributed by atoms with van der Waals surface area (Å²) < 4.78 is 8.16. The summed E-state index contributed by atoms with van der Waals surface area (Å²) in [5, 5.41) is 7.97. The zero-order chi connectivity index (χ0) is 20.7. The molecule has 4 aromatic rings. The van der Waals surface area contributed by atoms with E-state index in [4.69, 9.17) is 4.74 Å². The number of hydrogen-bond donors (Lipinski definition) is 1. The fourth-order valence-corrected chi connectivity index (χ4v) is 4.11. The highest BCUT2D eigenvalue weighted by Gasteiger charge is 2.18. The summed E-state index contributed by atoms with van der Waals surface area (Å²) in [6, 6.07) is 9.19. The van der Waals surface area contributed by atoms with Gasteiger partial charge in [0.25, 0.3) is 5.56 Å². The van der Waals surface area contributed by atoms with E-state index in [9.17, 15) is 9.59 Å². The molecule has 0 radical (unpaired) electrons. The Balaban J connectivity index is 1.61. The van der Waals surface area contributed by atoms with Gasteiger partial charge in [-0.2, -0.15) is 9.61 Å². The quantitative estimate of drug-likeness (QED) is 0.545. The number of carbonyl (C=O) groups excluding carboxylic acids is 1. The van der Waals surface area contributed by atoms with Gasteiger partial charge in [-0.15, -0.1) is 0 Å². The number of nitrogens with one attached hydrogen (secondary N) is 1. The third-order valence-electron chi connectivity index (χ3n) is 4.85. The van der Waals surface area contributed by atoms with Crippen molar-refractivity contribution in [1.29, 1.82) is 0 Å². The maximum Gasteiger partial charge on any atom is 0.299 e. The molecule has 8 nitrogen and oxygen atoms in total. The maximum atomic E-state index is 12.9. The van der Waals surface area contributed by atoms with Gasteiger partial charge in [0.15, 0.2) is 0 Å². The van der Waals surface area contributed by atoms with Crippen molar-refractivity contribution in [3.63, 3.8) is 0 Å². The Bertz CT molecular complexity index is 1270. The highest BCUT2D eigenvalue weighted by atomic mass is 32.1. The molecule has 0 saturated heterocycles. The number of methoxy groups -OCH3 is 1. The normalized spacial score (nSPS) is 12.4. The van der Waals surface area contributed by atoms with Crippen LogP contribution in [-0.2, 0) is 11.3 Å². The van der Waals surface area contributed by atoms with Crippen LogP contribution in [0.15, 0.2) is 35.1 Å². The molecule has 0 spiro atoms. The van der Waals surface area contributed by atoms with Gasteiger partial charge in [-0.05, 0) is 44.5 Å². The average Bonchev–Trinajstić information content (AvgIpc) is 3.21. The Morgan fingerprint density at radius 2 is 2.00 bits per heavy atom. The summed E-state index contributed by atoms with van der Waals surface area (Å²) >= 11 is 1.36. The summed E-state index contributed by atoms with van der Waals surface area (Å²) in [5.41, 5.74) is 2.46. The molecular weight excluding hydrogens is 390 g/mol. The number of fused-ring (bicyclic) bond motifs is 2. The SMILES string of the molecule is COc1ccc([C@@H](C)NC(=O)Cn2c(C)cc3nc4sc(C)nn4c(=O)c32)cc1. The molecule has 4 rings (SSSR count). The standard InChI is InChI=1S/C20H21N5O3S/c1-11-9-16-18(19(27)25-20(22-16)29-13(3)23-25)24(11)10-17(26)21-12(2)14-5-7-15(28-4)8-6-14/h5-9,12H,10H2,1-4H3,(H,21,26)/t12-/m1/s1. The van der Waals surface area contributed by atoms with Gasteiger partial charge in [-0.25, -0.2) is 4.98 Å². The van der Waals surface area contributed by atoms with Crippen LogP contribution in [0.25, 0.3) is 16.0 Å². The molecule has 9 heteroatoms. The molecule has 0 saturated carbocycles. The molecule has 150 valence electrons. The predicted octanol–water partition coefficient (Wildman–Crippen LogP) is 2.61. The Labute approximate surface area is 170 Å². The smallest absolute Gasteiger partial charge is 0.299 e. The highest BCUT2D eigenvalue weighted by molar-refractivity contribution is 7.16. The first-order valence-electron chi connectivity index (χ1n) is 9.17. The first-order chi connectivity index (χ1) is 13.9. The molecule has 0 aliphatic rings. The third-order valence-corrected chi connectivity index (χ3v) is 5.67. The Morgan fingerprint density at radius 1 is 1.28 bits per heavy atom. The molecular formula is C20H21N5O3S. The number of ether oxygens (including phenoxy) is 1. The summed E-state index contributed by atoms with van der Waals surface area (Å²) in [4.78, 5) is 30.7. The van der Waals surface area contributed by atoms with Crippen LogP contribution in [0.4, 0.5) is 0 Å². The van der Waals surface area contributed by atoms with E-state index in [0.29, 0.717) is 16.0 Å². The van der Waals surface area contributed by atoms with Crippen molar-refractivity contribution in [1.82, 2.24) is 24.5 Å². The van der Waals surface area contributed by atoms with E-state index in [1.165, 1.54) is 15.9 Å². The average molecular weight is 411 g/mol. The number of nitrogens with zero attached hydrogens (tertiary/aromatic N) is 4. The second-order valence-electron chi connectivity index (χ2n) is 6.90. The Kier molecular flexibility index (Phi) is 4.83. The lowest BCUT2D eigenvalue weighted by molar-refractivity contribution is -0.122. The van der Waals surface area contributed by atoms with E-state index in [1.54, 1.807) is 11.7 Å². The molecule has 3 heterocycles. The minimum absolute atomic E-state index is 0.0297. The first-order valence-corrected chi connectivity index (χ1v) is 9.98. The van der Waals surface area contributed by atoms with Crippen molar-refractivity contribution in [2.45, 2.75) is 33.4 Å². The Morgan fingerprint density at radius 3 is 2.69 bits per heavy atom. The van der Waals surface area contributed by atoms with Crippen LogP contribution in [0.1, 0.15) is 29.2 Å². The molecule has 1 amide bonds. The largest absolute Gasteiger partial charge is 0.497 e. The molecule has 3 aromatic heterocycles. The van der Waals surface area contributed by atoms with Gasteiger partial charge in [0.2, 0.25) is 10.9 Å². The second-order valence-corrected chi connectivity index (χ2v) is 8.06. The van der Waals surface area contributed by atoms with Gasteiger partial charge in [0.1, 0.15) is 22.8 Å². The zero-order valence-corrected chi connectivity index (χ0v) is 17.4. The fraction of sp³-hybridized carbons (Fsp3) is 0.300. The molecule has 0 unspecified atom stereocenters. The van der Waals surface area contributed by atoms with E-state index in [0.717, 1.165) is 22.0 Å². The summed E-state index contributed by atoms with van der Waals surface area (Å²) in [5.74, 6) is 0.575. The second kappa shape index (κ2) is 7.32. The Hall–Kier alpha value is -3.20. The van der Waals surface area contributed by atoms with E-state index in [1.807, 2.05) is 51.1 Å². The molecule has 0 bridgehead atoms. The van der Waals surface area contributed by atoms with Crippen LogP contribution in [0, 0.1) is 13.8 Å². The lowest BCUT2D eigenvalue weighted by Gasteiger charge is -2.16. The molecule has 1 atom stereocenters. The first kappa shape index (κ1) is 19.1. The molecule has 0 aliphatic carbocycles. The summed E-state index contributed by atoms with van der Waals surface area (Å²) in [7, 11) is 1.61. The fourth-order valence-electron chi connectivity index (χ4n) is 3.36. The highest BCUT2D eigenvalue weighted by Crippen LogP contribution is 2.20. The molecule has 0 fully saturated rings. The van der Waals surface area contributed by atoms with E-state index in [-0.39, 0.29) is 24.1 Å². The van der Waals surface area contributed by atoms with Crippen LogP contribution in [0.3, 0.4) is 0 Å². The van der Waals surface area contributed by atoms with Crippen LogP contribution in [0.5, 0.6) is 5.75 Å². The molecule has 29 heavy (non-hydrogen) atoms. The van der Waals surface area contributed by atoms with Gasteiger partial charge in [-0.3, -0.25) is 9.59 Å². The lowest BCUT2D eigenvalue weighted by atomic mass is 10.1. The molecule has 1 N–H and O–H groups in total. The van der Waals surface area contributed by atoms with Crippen molar-refractivity contribution in [2.75, 3.05) is 7.11 Å². The minimum atomic E-state index is -0.265. The van der Waals surface area contributed by atoms with E-state index < -0.39 is 0 Å². The lowest BCUT2D eigenvalue weighted by Crippen LogP contribution is -2.31. The van der Waals surface area contributed by atoms with Crippen LogP contribution >= 0.6 is 11.3 Å². The third kappa shape index (κ3) is 3.49. The maximum absolute atomic E-state index is 12.9. The summed E-state index contributed by atoms with van der Waals surface area (Å²) in [6.45, 7) is 5.63. The number of benzene rings is 1.